The third-order valence-electron chi connectivity index (χ3n) is 2.91. The van der Waals surface area contributed by atoms with E-state index in [0.717, 1.165) is 12.8 Å². The Hall–Kier alpha value is -2.35. The molecule has 0 atom stereocenters. The van der Waals surface area contributed by atoms with Crippen molar-refractivity contribution >= 4 is 17.6 Å². The lowest BCUT2D eigenvalue weighted by Gasteiger charge is -2.23. The van der Waals surface area contributed by atoms with E-state index in [1.807, 2.05) is 13.0 Å². The van der Waals surface area contributed by atoms with Gasteiger partial charge in [-0.25, -0.2) is 0 Å². The number of nitrogens with zero attached hydrogens (tertiary/aromatic N) is 2. The first kappa shape index (κ1) is 15.7. The molecule has 20 heavy (non-hydrogen) atoms. The number of carboxylic acids is 1. The van der Waals surface area contributed by atoms with Crippen LogP contribution in [0.5, 0.6) is 0 Å². The molecule has 1 amide bonds. The maximum atomic E-state index is 12.2. The molecule has 0 heterocycles. The van der Waals surface area contributed by atoms with Crippen LogP contribution in [0.25, 0.3) is 0 Å². The molecule has 0 radical (unpaired) electrons. The van der Waals surface area contributed by atoms with Gasteiger partial charge < -0.3 is 10.0 Å². The SMILES string of the molecule is CCCCC(=O)N(CCC(=O)O)c1ccccc1C#N. The summed E-state index contributed by atoms with van der Waals surface area (Å²) < 4.78 is 0. The number of rotatable bonds is 7. The van der Waals surface area contributed by atoms with Crippen molar-refractivity contribution in [1.82, 2.24) is 0 Å². The highest BCUT2D eigenvalue weighted by Crippen LogP contribution is 2.21. The summed E-state index contributed by atoms with van der Waals surface area (Å²) >= 11 is 0. The summed E-state index contributed by atoms with van der Waals surface area (Å²) in [6.45, 7) is 2.06. The molecule has 5 heteroatoms. The third-order valence-corrected chi connectivity index (χ3v) is 2.91. The van der Waals surface area contributed by atoms with Crippen LogP contribution < -0.4 is 4.90 Å². The van der Waals surface area contributed by atoms with Gasteiger partial charge in [0.05, 0.1) is 17.7 Å². The monoisotopic (exact) mass is 274 g/mol. The fourth-order valence-corrected chi connectivity index (χ4v) is 1.85. The smallest absolute Gasteiger partial charge is 0.305 e. The van der Waals surface area contributed by atoms with E-state index in [2.05, 4.69) is 0 Å². The van der Waals surface area contributed by atoms with Crippen LogP contribution in [-0.4, -0.2) is 23.5 Å². The van der Waals surface area contributed by atoms with Crippen molar-refractivity contribution in [3.8, 4) is 6.07 Å². The number of hydrogen-bond donors (Lipinski definition) is 1. The molecule has 0 aliphatic heterocycles. The zero-order valence-electron chi connectivity index (χ0n) is 11.5. The molecule has 0 saturated heterocycles. The zero-order valence-corrected chi connectivity index (χ0v) is 11.5. The van der Waals surface area contributed by atoms with E-state index in [-0.39, 0.29) is 18.9 Å². The molecular weight excluding hydrogens is 256 g/mol. The number of anilines is 1. The Labute approximate surface area is 118 Å². The number of carbonyl (C=O) groups excluding carboxylic acids is 1. The second-order valence-electron chi connectivity index (χ2n) is 4.42. The molecule has 0 fully saturated rings. The van der Waals surface area contributed by atoms with Crippen molar-refractivity contribution in [2.24, 2.45) is 0 Å². The summed E-state index contributed by atoms with van der Waals surface area (Å²) in [6, 6.07) is 8.77. The third kappa shape index (κ3) is 4.39. The van der Waals surface area contributed by atoms with Crippen LogP contribution in [0.1, 0.15) is 38.2 Å². The zero-order chi connectivity index (χ0) is 15.0. The summed E-state index contributed by atoms with van der Waals surface area (Å²) in [4.78, 5) is 24.3. The summed E-state index contributed by atoms with van der Waals surface area (Å²) in [5, 5.41) is 17.9. The standard InChI is InChI=1S/C15H18N2O3/c1-2-3-8-14(18)17(10-9-15(19)20)13-7-5-4-6-12(13)11-16/h4-7H,2-3,8-10H2,1H3,(H,19,20). The molecule has 0 aliphatic carbocycles. The molecule has 5 nitrogen and oxygen atoms in total. The minimum absolute atomic E-state index is 0.0799. The highest BCUT2D eigenvalue weighted by atomic mass is 16.4. The highest BCUT2D eigenvalue weighted by Gasteiger charge is 2.18. The van der Waals surface area contributed by atoms with Crippen molar-refractivity contribution in [2.75, 3.05) is 11.4 Å². The Morgan fingerprint density at radius 2 is 2.00 bits per heavy atom. The van der Waals surface area contributed by atoms with Crippen molar-refractivity contribution in [3.05, 3.63) is 29.8 Å². The van der Waals surface area contributed by atoms with Crippen molar-refractivity contribution in [1.29, 1.82) is 5.26 Å². The first-order valence-corrected chi connectivity index (χ1v) is 6.61. The Balaban J connectivity index is 3.00. The molecule has 1 rings (SSSR count). The van der Waals surface area contributed by atoms with Gasteiger partial charge in [0.2, 0.25) is 5.91 Å². The van der Waals surface area contributed by atoms with Crippen LogP contribution in [0.4, 0.5) is 5.69 Å². The van der Waals surface area contributed by atoms with Gasteiger partial charge in [-0.15, -0.1) is 0 Å². The number of hydrogen-bond acceptors (Lipinski definition) is 3. The second kappa shape index (κ2) is 7.95. The molecule has 1 N–H and O–H groups in total. The van der Waals surface area contributed by atoms with E-state index < -0.39 is 5.97 Å². The summed E-state index contributed by atoms with van der Waals surface area (Å²) in [6.07, 6.45) is 1.85. The van der Waals surface area contributed by atoms with Crippen molar-refractivity contribution < 1.29 is 14.7 Å². The Bertz CT molecular complexity index is 520. The molecule has 1 aromatic carbocycles. The lowest BCUT2D eigenvalue weighted by molar-refractivity contribution is -0.136. The minimum atomic E-state index is -0.965. The molecule has 0 spiro atoms. The number of nitriles is 1. The van der Waals surface area contributed by atoms with Gasteiger partial charge in [-0.3, -0.25) is 9.59 Å². The van der Waals surface area contributed by atoms with Gasteiger partial charge in [0, 0.05) is 13.0 Å². The van der Waals surface area contributed by atoms with E-state index in [0.29, 0.717) is 17.7 Å². The largest absolute Gasteiger partial charge is 0.481 e. The van der Waals surface area contributed by atoms with Crippen LogP contribution in [0, 0.1) is 11.3 Å². The number of aliphatic carboxylic acids is 1. The van der Waals surface area contributed by atoms with Gasteiger partial charge >= 0.3 is 5.97 Å². The van der Waals surface area contributed by atoms with Gasteiger partial charge in [0.15, 0.2) is 0 Å². The number of para-hydroxylation sites is 1. The van der Waals surface area contributed by atoms with E-state index in [1.165, 1.54) is 4.90 Å². The molecule has 0 bridgehead atoms. The Morgan fingerprint density at radius 1 is 1.30 bits per heavy atom. The molecule has 0 aromatic heterocycles. The summed E-state index contributed by atoms with van der Waals surface area (Å²) in [7, 11) is 0. The van der Waals surface area contributed by atoms with E-state index in [9.17, 15) is 9.59 Å². The molecule has 0 aliphatic rings. The van der Waals surface area contributed by atoms with Crippen LogP contribution >= 0.6 is 0 Å². The summed E-state index contributed by atoms with van der Waals surface area (Å²) in [5.74, 6) is -1.11. The molecule has 0 saturated carbocycles. The van der Waals surface area contributed by atoms with E-state index in [1.54, 1.807) is 24.3 Å². The fraction of sp³-hybridized carbons (Fsp3) is 0.400. The van der Waals surface area contributed by atoms with Gasteiger partial charge in [-0.05, 0) is 18.6 Å². The maximum absolute atomic E-state index is 12.2. The normalized spacial score (nSPS) is 9.80. The van der Waals surface area contributed by atoms with E-state index in [4.69, 9.17) is 10.4 Å². The number of benzene rings is 1. The minimum Gasteiger partial charge on any atom is -0.481 e. The number of carboxylic acid groups (broad SMARTS) is 1. The molecular formula is C15H18N2O3. The van der Waals surface area contributed by atoms with Crippen LogP contribution in [0.15, 0.2) is 24.3 Å². The predicted molar refractivity (Wildman–Crippen MR) is 75.3 cm³/mol. The quantitative estimate of drug-likeness (QED) is 0.828. The maximum Gasteiger partial charge on any atom is 0.305 e. The molecule has 1 aromatic rings. The number of carbonyl (C=O) groups is 2. The average Bonchev–Trinajstić information content (AvgIpc) is 2.45. The summed E-state index contributed by atoms with van der Waals surface area (Å²) in [5.41, 5.74) is 0.861. The predicted octanol–water partition coefficient (Wildman–Crippen LogP) is 2.56. The van der Waals surface area contributed by atoms with Gasteiger partial charge in [0.25, 0.3) is 0 Å². The average molecular weight is 274 g/mol. The van der Waals surface area contributed by atoms with E-state index >= 15 is 0 Å². The lowest BCUT2D eigenvalue weighted by Crippen LogP contribution is -2.33. The van der Waals surface area contributed by atoms with Gasteiger partial charge in [0.1, 0.15) is 6.07 Å². The Kier molecular flexibility index (Phi) is 6.24. The van der Waals surface area contributed by atoms with Gasteiger partial charge in [-0.2, -0.15) is 5.26 Å². The molecule has 106 valence electrons. The second-order valence-corrected chi connectivity index (χ2v) is 4.42. The van der Waals surface area contributed by atoms with Crippen LogP contribution in [-0.2, 0) is 9.59 Å². The van der Waals surface area contributed by atoms with Crippen LogP contribution in [0.2, 0.25) is 0 Å². The number of amides is 1. The van der Waals surface area contributed by atoms with Crippen molar-refractivity contribution in [2.45, 2.75) is 32.6 Å². The first-order valence-electron chi connectivity index (χ1n) is 6.61. The van der Waals surface area contributed by atoms with Gasteiger partial charge in [-0.1, -0.05) is 25.5 Å². The lowest BCUT2D eigenvalue weighted by atomic mass is 10.1. The van der Waals surface area contributed by atoms with Crippen LogP contribution in [0.3, 0.4) is 0 Å². The highest BCUT2D eigenvalue weighted by molar-refractivity contribution is 5.95. The fourth-order valence-electron chi connectivity index (χ4n) is 1.85. The Morgan fingerprint density at radius 3 is 2.60 bits per heavy atom. The van der Waals surface area contributed by atoms with Crippen molar-refractivity contribution in [3.63, 3.8) is 0 Å². The topological polar surface area (TPSA) is 81.4 Å². The number of unbranched alkanes of at least 4 members (excludes halogenated alkanes) is 1. The molecule has 0 unspecified atom stereocenters. The first-order chi connectivity index (χ1) is 9.60.